The molecular formula is C16H20N4O2. The Labute approximate surface area is 129 Å². The largest absolute Gasteiger partial charge is 0.340 e. The molecule has 0 saturated carbocycles. The molecule has 1 amide bonds. The second-order valence-corrected chi connectivity index (χ2v) is 5.39. The average molecular weight is 300 g/mol. The standard InChI is InChI=1S/C16H20N4O2/c1-2-15(21)20-10-8-19(9-11-20)12-14-17-16(18-22-14)13-6-4-3-5-7-13/h3-7H,2,8-12H2,1H3. The lowest BCUT2D eigenvalue weighted by atomic mass is 10.2. The monoisotopic (exact) mass is 300 g/mol. The fourth-order valence-electron chi connectivity index (χ4n) is 2.59. The van der Waals surface area contributed by atoms with Crippen LogP contribution in [0.15, 0.2) is 34.9 Å². The van der Waals surface area contributed by atoms with Gasteiger partial charge in [-0.15, -0.1) is 0 Å². The lowest BCUT2D eigenvalue weighted by molar-refractivity contribution is -0.132. The first-order valence-corrected chi connectivity index (χ1v) is 7.64. The summed E-state index contributed by atoms with van der Waals surface area (Å²) < 4.78 is 5.33. The Kier molecular flexibility index (Phi) is 4.48. The van der Waals surface area contributed by atoms with Crippen molar-refractivity contribution in [3.05, 3.63) is 36.2 Å². The molecule has 0 bridgehead atoms. The van der Waals surface area contributed by atoms with Gasteiger partial charge in [0.25, 0.3) is 0 Å². The van der Waals surface area contributed by atoms with E-state index in [4.69, 9.17) is 4.52 Å². The van der Waals surface area contributed by atoms with E-state index in [0.29, 0.717) is 24.7 Å². The molecule has 0 N–H and O–H groups in total. The number of nitrogens with zero attached hydrogens (tertiary/aromatic N) is 4. The van der Waals surface area contributed by atoms with Crippen molar-refractivity contribution >= 4 is 5.91 Å². The summed E-state index contributed by atoms with van der Waals surface area (Å²) in [6, 6.07) is 9.79. The third-order valence-corrected chi connectivity index (χ3v) is 3.89. The Morgan fingerprint density at radius 1 is 1.18 bits per heavy atom. The van der Waals surface area contributed by atoms with E-state index in [0.717, 1.165) is 31.7 Å². The topological polar surface area (TPSA) is 62.5 Å². The van der Waals surface area contributed by atoms with Gasteiger partial charge in [-0.3, -0.25) is 9.69 Å². The summed E-state index contributed by atoms with van der Waals surface area (Å²) in [5.74, 6) is 1.47. The van der Waals surface area contributed by atoms with E-state index in [1.165, 1.54) is 0 Å². The molecule has 0 atom stereocenters. The van der Waals surface area contributed by atoms with E-state index >= 15 is 0 Å². The van der Waals surface area contributed by atoms with E-state index in [1.807, 2.05) is 42.2 Å². The Balaban J connectivity index is 1.57. The quantitative estimate of drug-likeness (QED) is 0.861. The lowest BCUT2D eigenvalue weighted by Gasteiger charge is -2.33. The summed E-state index contributed by atoms with van der Waals surface area (Å²) in [5.41, 5.74) is 0.955. The molecule has 2 aromatic rings. The Morgan fingerprint density at radius 3 is 2.59 bits per heavy atom. The maximum absolute atomic E-state index is 11.7. The van der Waals surface area contributed by atoms with Crippen LogP contribution < -0.4 is 0 Å². The predicted octanol–water partition coefficient (Wildman–Crippen LogP) is 1.79. The first kappa shape index (κ1) is 14.7. The molecular weight excluding hydrogens is 280 g/mol. The van der Waals surface area contributed by atoms with Crippen LogP contribution in [0.3, 0.4) is 0 Å². The van der Waals surface area contributed by atoms with E-state index < -0.39 is 0 Å². The lowest BCUT2D eigenvalue weighted by Crippen LogP contribution is -2.48. The molecule has 116 valence electrons. The summed E-state index contributed by atoms with van der Waals surface area (Å²) in [7, 11) is 0. The molecule has 0 radical (unpaired) electrons. The molecule has 6 nitrogen and oxygen atoms in total. The molecule has 22 heavy (non-hydrogen) atoms. The van der Waals surface area contributed by atoms with Crippen molar-refractivity contribution < 1.29 is 9.32 Å². The van der Waals surface area contributed by atoms with Gasteiger partial charge in [-0.25, -0.2) is 0 Å². The summed E-state index contributed by atoms with van der Waals surface area (Å²) in [5, 5.41) is 4.03. The van der Waals surface area contributed by atoms with Crippen LogP contribution in [0.25, 0.3) is 11.4 Å². The second kappa shape index (κ2) is 6.70. The zero-order valence-electron chi connectivity index (χ0n) is 12.7. The van der Waals surface area contributed by atoms with Gasteiger partial charge in [0, 0.05) is 38.2 Å². The number of piperazine rings is 1. The summed E-state index contributed by atoms with van der Waals surface area (Å²) in [6.07, 6.45) is 0.574. The van der Waals surface area contributed by atoms with E-state index in [9.17, 15) is 4.79 Å². The first-order valence-electron chi connectivity index (χ1n) is 7.64. The summed E-state index contributed by atoms with van der Waals surface area (Å²) in [6.45, 7) is 5.76. The van der Waals surface area contributed by atoms with Gasteiger partial charge in [0.2, 0.25) is 17.6 Å². The minimum atomic E-state index is 0.226. The highest BCUT2D eigenvalue weighted by molar-refractivity contribution is 5.75. The summed E-state index contributed by atoms with van der Waals surface area (Å²) >= 11 is 0. The second-order valence-electron chi connectivity index (χ2n) is 5.39. The first-order chi connectivity index (χ1) is 10.8. The van der Waals surface area contributed by atoms with Crippen molar-refractivity contribution in [2.75, 3.05) is 26.2 Å². The molecule has 1 aliphatic rings. The van der Waals surface area contributed by atoms with Crippen molar-refractivity contribution in [3.63, 3.8) is 0 Å². The molecule has 1 saturated heterocycles. The van der Waals surface area contributed by atoms with Crippen LogP contribution in [0.2, 0.25) is 0 Å². The van der Waals surface area contributed by atoms with Crippen LogP contribution in [0.4, 0.5) is 0 Å². The Bertz CT molecular complexity index is 618. The highest BCUT2D eigenvalue weighted by Crippen LogP contribution is 2.16. The van der Waals surface area contributed by atoms with Crippen LogP contribution in [0.1, 0.15) is 19.2 Å². The third-order valence-electron chi connectivity index (χ3n) is 3.89. The van der Waals surface area contributed by atoms with Crippen molar-refractivity contribution in [2.45, 2.75) is 19.9 Å². The molecule has 3 rings (SSSR count). The van der Waals surface area contributed by atoms with Crippen molar-refractivity contribution in [1.29, 1.82) is 0 Å². The van der Waals surface area contributed by atoms with Crippen LogP contribution in [-0.4, -0.2) is 52.0 Å². The minimum Gasteiger partial charge on any atom is -0.340 e. The molecule has 0 aliphatic carbocycles. The molecule has 2 heterocycles. The van der Waals surface area contributed by atoms with E-state index in [2.05, 4.69) is 15.0 Å². The van der Waals surface area contributed by atoms with Gasteiger partial charge in [0.15, 0.2) is 0 Å². The molecule has 0 unspecified atom stereocenters. The normalized spacial score (nSPS) is 16.0. The number of rotatable bonds is 4. The Morgan fingerprint density at radius 2 is 1.91 bits per heavy atom. The zero-order chi connectivity index (χ0) is 15.4. The SMILES string of the molecule is CCC(=O)N1CCN(Cc2nc(-c3ccccc3)no2)CC1. The predicted molar refractivity (Wildman–Crippen MR) is 81.9 cm³/mol. The average Bonchev–Trinajstić information content (AvgIpc) is 3.04. The number of carbonyl (C=O) groups excluding carboxylic acids is 1. The maximum atomic E-state index is 11.7. The fraction of sp³-hybridized carbons (Fsp3) is 0.438. The van der Waals surface area contributed by atoms with Gasteiger partial charge < -0.3 is 9.42 Å². The maximum Gasteiger partial charge on any atom is 0.241 e. The number of benzene rings is 1. The highest BCUT2D eigenvalue weighted by Gasteiger charge is 2.21. The van der Waals surface area contributed by atoms with Gasteiger partial charge in [-0.2, -0.15) is 4.98 Å². The van der Waals surface area contributed by atoms with Crippen molar-refractivity contribution in [2.24, 2.45) is 0 Å². The van der Waals surface area contributed by atoms with Gasteiger partial charge >= 0.3 is 0 Å². The van der Waals surface area contributed by atoms with Gasteiger partial charge in [0.1, 0.15) is 0 Å². The van der Waals surface area contributed by atoms with Gasteiger partial charge in [-0.05, 0) is 0 Å². The number of hydrogen-bond donors (Lipinski definition) is 0. The molecule has 1 aromatic carbocycles. The van der Waals surface area contributed by atoms with Crippen molar-refractivity contribution in [1.82, 2.24) is 19.9 Å². The zero-order valence-corrected chi connectivity index (χ0v) is 12.7. The number of hydrogen-bond acceptors (Lipinski definition) is 5. The molecule has 1 aliphatic heterocycles. The fourth-order valence-corrected chi connectivity index (χ4v) is 2.59. The molecule has 1 aromatic heterocycles. The number of aromatic nitrogens is 2. The molecule has 6 heteroatoms. The smallest absolute Gasteiger partial charge is 0.241 e. The number of carbonyl (C=O) groups is 1. The Hall–Kier alpha value is -2.21. The van der Waals surface area contributed by atoms with Gasteiger partial charge in [-0.1, -0.05) is 42.4 Å². The molecule has 0 spiro atoms. The highest BCUT2D eigenvalue weighted by atomic mass is 16.5. The van der Waals surface area contributed by atoms with Crippen LogP contribution >= 0.6 is 0 Å². The van der Waals surface area contributed by atoms with E-state index in [1.54, 1.807) is 0 Å². The van der Waals surface area contributed by atoms with Crippen LogP contribution in [0, 0.1) is 0 Å². The molecule has 1 fully saturated rings. The van der Waals surface area contributed by atoms with Crippen molar-refractivity contribution in [3.8, 4) is 11.4 Å². The third kappa shape index (κ3) is 3.33. The van der Waals surface area contributed by atoms with Crippen LogP contribution in [-0.2, 0) is 11.3 Å². The number of amides is 1. The van der Waals surface area contributed by atoms with Gasteiger partial charge in [0.05, 0.1) is 6.54 Å². The van der Waals surface area contributed by atoms with E-state index in [-0.39, 0.29) is 5.91 Å². The minimum absolute atomic E-state index is 0.226. The van der Waals surface area contributed by atoms with Crippen LogP contribution in [0.5, 0.6) is 0 Å². The summed E-state index contributed by atoms with van der Waals surface area (Å²) in [4.78, 5) is 20.3.